The van der Waals surface area contributed by atoms with Gasteiger partial charge in [-0.15, -0.1) is 4.73 Å². The first-order valence-corrected chi connectivity index (χ1v) is 15.6. The van der Waals surface area contributed by atoms with Crippen LogP contribution in [-0.4, -0.2) is 60.5 Å². The fourth-order valence-corrected chi connectivity index (χ4v) is 5.20. The molecule has 0 aliphatic carbocycles. The number of hydrogen-bond donors (Lipinski definition) is 0. The van der Waals surface area contributed by atoms with Crippen molar-refractivity contribution in [2.75, 3.05) is 26.2 Å². The second kappa shape index (κ2) is 11.4. The van der Waals surface area contributed by atoms with E-state index in [4.69, 9.17) is 34.6 Å². The summed E-state index contributed by atoms with van der Waals surface area (Å²) in [7, 11) is -5.46. The van der Waals surface area contributed by atoms with Gasteiger partial charge >= 0.3 is 7.60 Å². The number of halogens is 1. The highest BCUT2D eigenvalue weighted by Crippen LogP contribution is 2.47. The first-order chi connectivity index (χ1) is 14.9. The van der Waals surface area contributed by atoms with Crippen LogP contribution in [0.4, 0.5) is 0 Å². The number of fused-ring (bicyclic) bond motifs is 1. The zero-order valence-electron chi connectivity index (χ0n) is 19.8. The molecule has 0 spiro atoms. The van der Waals surface area contributed by atoms with Gasteiger partial charge in [0.1, 0.15) is 24.5 Å². The van der Waals surface area contributed by atoms with Gasteiger partial charge in [0, 0.05) is 6.42 Å². The van der Waals surface area contributed by atoms with E-state index in [1.165, 1.54) is 17.4 Å². The van der Waals surface area contributed by atoms with Gasteiger partial charge in [-0.1, -0.05) is 32.4 Å². The standard InChI is InChI=1S/C19H34ClN4O6PSi/c1-8-27-31(25,28-9-2)14-26-11-10-15(30-32(6,7)19(3,4)5)29-24-13-23-16-17(20)21-12-22-18(16)24/h12-13,15H,8-11,14H2,1-7H3. The van der Waals surface area contributed by atoms with Gasteiger partial charge in [-0.3, -0.25) is 4.57 Å². The van der Waals surface area contributed by atoms with Gasteiger partial charge in [-0.05, 0) is 32.0 Å². The van der Waals surface area contributed by atoms with Crippen molar-refractivity contribution in [2.45, 2.75) is 65.5 Å². The molecule has 0 saturated heterocycles. The number of hydrogen-bond acceptors (Lipinski definition) is 9. The van der Waals surface area contributed by atoms with Gasteiger partial charge in [-0.2, -0.15) is 0 Å². The Morgan fingerprint density at radius 2 is 1.81 bits per heavy atom. The number of imidazole rings is 1. The maximum absolute atomic E-state index is 12.6. The van der Waals surface area contributed by atoms with Gasteiger partial charge in [0.2, 0.25) is 11.9 Å². The van der Waals surface area contributed by atoms with Crippen LogP contribution in [0.2, 0.25) is 23.3 Å². The zero-order valence-corrected chi connectivity index (χ0v) is 22.5. The zero-order chi connectivity index (χ0) is 24.0. The second-order valence-corrected chi connectivity index (χ2v) is 15.7. The highest BCUT2D eigenvalue weighted by Gasteiger charge is 2.40. The lowest BCUT2D eigenvalue weighted by Gasteiger charge is -2.38. The number of ether oxygens (including phenoxy) is 1. The smallest absolute Gasteiger partial charge is 0.356 e. The summed E-state index contributed by atoms with van der Waals surface area (Å²) < 4.78 is 36.6. The summed E-state index contributed by atoms with van der Waals surface area (Å²) in [5, 5.41) is 0.211. The summed E-state index contributed by atoms with van der Waals surface area (Å²) in [5.41, 5.74) is 0.873. The molecule has 13 heteroatoms. The van der Waals surface area contributed by atoms with Crippen molar-refractivity contribution in [3.8, 4) is 0 Å². The number of nitrogens with zero attached hydrogens (tertiary/aromatic N) is 4. The quantitative estimate of drug-likeness (QED) is 0.123. The van der Waals surface area contributed by atoms with E-state index >= 15 is 0 Å². The fraction of sp³-hybridized carbons (Fsp3) is 0.737. The SMILES string of the molecule is CCOP(=O)(COCCC(On1cnc2c(Cl)ncnc21)O[Si](C)(C)C(C)(C)C)OCC. The maximum Gasteiger partial charge on any atom is 0.356 e. The monoisotopic (exact) mass is 508 g/mol. The largest absolute Gasteiger partial charge is 0.382 e. The molecular formula is C19H34ClN4O6PSi. The van der Waals surface area contributed by atoms with Crippen molar-refractivity contribution in [1.82, 2.24) is 19.7 Å². The second-order valence-electron chi connectivity index (χ2n) is 8.59. The lowest BCUT2D eigenvalue weighted by atomic mass is 10.2. The number of aromatic nitrogens is 4. The first kappa shape index (κ1) is 27.2. The molecule has 10 nitrogen and oxygen atoms in total. The fourth-order valence-electron chi connectivity index (χ4n) is 2.49. The molecule has 0 amide bonds. The Morgan fingerprint density at radius 1 is 1.16 bits per heavy atom. The molecule has 2 aromatic rings. The molecule has 0 bridgehead atoms. The summed E-state index contributed by atoms with van der Waals surface area (Å²) in [4.78, 5) is 18.4. The molecule has 0 radical (unpaired) electrons. The van der Waals surface area contributed by atoms with Crippen LogP contribution in [0.1, 0.15) is 41.0 Å². The third-order valence-electron chi connectivity index (χ3n) is 5.12. The average molecular weight is 509 g/mol. The van der Waals surface area contributed by atoms with Crippen LogP contribution in [0.25, 0.3) is 11.2 Å². The van der Waals surface area contributed by atoms with Crippen molar-refractivity contribution in [1.29, 1.82) is 0 Å². The van der Waals surface area contributed by atoms with Crippen LogP contribution >= 0.6 is 19.2 Å². The van der Waals surface area contributed by atoms with Gasteiger partial charge in [0.15, 0.2) is 13.5 Å². The summed E-state index contributed by atoms with van der Waals surface area (Å²) >= 11 is 6.09. The highest BCUT2D eigenvalue weighted by atomic mass is 35.5. The van der Waals surface area contributed by atoms with Crippen molar-refractivity contribution < 1.29 is 27.6 Å². The Balaban J connectivity index is 2.12. The first-order valence-electron chi connectivity index (χ1n) is 10.6. The molecule has 0 aromatic carbocycles. The molecule has 0 saturated carbocycles. The van der Waals surface area contributed by atoms with Crippen molar-refractivity contribution >= 4 is 38.7 Å². The summed E-state index contributed by atoms with van der Waals surface area (Å²) in [5.74, 6) is 0. The van der Waals surface area contributed by atoms with Crippen LogP contribution in [0.3, 0.4) is 0 Å². The van der Waals surface area contributed by atoms with E-state index in [-0.39, 0.29) is 36.4 Å². The van der Waals surface area contributed by atoms with Crippen molar-refractivity contribution in [2.24, 2.45) is 0 Å². The lowest BCUT2D eigenvalue weighted by molar-refractivity contribution is -0.103. The molecule has 2 heterocycles. The van der Waals surface area contributed by atoms with Gasteiger partial charge < -0.3 is 23.0 Å². The van der Waals surface area contributed by atoms with E-state index in [1.807, 2.05) is 0 Å². The molecule has 1 atom stereocenters. The molecule has 182 valence electrons. The van der Waals surface area contributed by atoms with E-state index in [0.29, 0.717) is 17.6 Å². The Kier molecular flexibility index (Phi) is 9.66. The number of rotatable bonds is 13. The van der Waals surface area contributed by atoms with Gasteiger partial charge in [0.05, 0.1) is 19.8 Å². The van der Waals surface area contributed by atoms with Gasteiger partial charge in [0.25, 0.3) is 0 Å². The van der Waals surface area contributed by atoms with Crippen LogP contribution < -0.4 is 4.84 Å². The Labute approximate surface area is 195 Å². The molecule has 0 fully saturated rings. The molecule has 0 N–H and O–H groups in total. The predicted molar refractivity (Wildman–Crippen MR) is 125 cm³/mol. The molecule has 1 unspecified atom stereocenters. The summed E-state index contributed by atoms with van der Waals surface area (Å²) in [6.07, 6.45) is 2.41. The van der Waals surface area contributed by atoms with Crippen LogP contribution in [-0.2, 0) is 22.8 Å². The highest BCUT2D eigenvalue weighted by molar-refractivity contribution is 7.53. The summed E-state index contributed by atoms with van der Waals surface area (Å²) in [6, 6.07) is 0. The van der Waals surface area contributed by atoms with E-state index in [2.05, 4.69) is 48.8 Å². The normalized spacial score (nSPS) is 14.1. The molecule has 0 aliphatic rings. The average Bonchev–Trinajstić information content (AvgIpc) is 3.08. The third-order valence-corrected chi connectivity index (χ3v) is 11.7. The minimum absolute atomic E-state index is 0.0302. The van der Waals surface area contributed by atoms with E-state index in [9.17, 15) is 4.57 Å². The molecule has 32 heavy (non-hydrogen) atoms. The minimum atomic E-state index is -3.28. The molecular weight excluding hydrogens is 475 g/mol. The van der Waals surface area contributed by atoms with E-state index in [1.54, 1.807) is 13.8 Å². The molecule has 2 aromatic heterocycles. The van der Waals surface area contributed by atoms with Crippen LogP contribution in [0.5, 0.6) is 0 Å². The molecule has 2 rings (SSSR count). The predicted octanol–water partition coefficient (Wildman–Crippen LogP) is 4.89. The minimum Gasteiger partial charge on any atom is -0.382 e. The Morgan fingerprint density at radius 3 is 2.41 bits per heavy atom. The van der Waals surface area contributed by atoms with Crippen molar-refractivity contribution in [3.05, 3.63) is 17.8 Å². The van der Waals surface area contributed by atoms with E-state index < -0.39 is 22.2 Å². The topological polar surface area (TPSA) is 107 Å². The maximum atomic E-state index is 12.6. The summed E-state index contributed by atoms with van der Waals surface area (Å²) in [6.45, 7) is 15.0. The van der Waals surface area contributed by atoms with Crippen molar-refractivity contribution in [3.63, 3.8) is 0 Å². The lowest BCUT2D eigenvalue weighted by Crippen LogP contribution is -2.47. The molecule has 0 aliphatic heterocycles. The van der Waals surface area contributed by atoms with E-state index in [0.717, 1.165) is 0 Å². The van der Waals surface area contributed by atoms with Crippen LogP contribution in [0.15, 0.2) is 12.7 Å². The van der Waals surface area contributed by atoms with Gasteiger partial charge in [-0.25, -0.2) is 15.0 Å². The Bertz CT molecular complexity index is 913. The Hall–Kier alpha value is -1.07. The van der Waals surface area contributed by atoms with Crippen LogP contribution in [0, 0.1) is 0 Å². The third kappa shape index (κ3) is 7.21.